The first-order chi connectivity index (χ1) is 22.2. The van der Waals surface area contributed by atoms with Crippen molar-refractivity contribution in [2.45, 2.75) is 13.0 Å². The second kappa shape index (κ2) is 15.0. The van der Waals surface area contributed by atoms with Gasteiger partial charge in [0.1, 0.15) is 11.6 Å². The maximum atomic E-state index is 15.5. The van der Waals surface area contributed by atoms with E-state index >= 15 is 4.39 Å². The second-order valence-corrected chi connectivity index (χ2v) is 11.5. The average Bonchev–Trinajstić information content (AvgIpc) is 3.05. The van der Waals surface area contributed by atoms with E-state index in [2.05, 4.69) is 5.32 Å². The van der Waals surface area contributed by atoms with Crippen LogP contribution in [0.25, 0.3) is 16.7 Å². The van der Waals surface area contributed by atoms with E-state index in [9.17, 15) is 14.7 Å². The molecule has 0 aliphatic carbocycles. The zero-order valence-corrected chi connectivity index (χ0v) is 26.6. The molecule has 3 N–H and O–H groups in total. The molecule has 0 atom stereocenters. The number of carboxylic acid groups (broad SMARTS) is 1. The molecule has 0 unspecified atom stereocenters. The molecule has 1 saturated heterocycles. The molecule has 10 nitrogen and oxygen atoms in total. The Morgan fingerprint density at radius 3 is 2.54 bits per heavy atom. The van der Waals surface area contributed by atoms with E-state index in [1.54, 1.807) is 43.6 Å². The highest BCUT2D eigenvalue weighted by atomic mass is 35.5. The molecule has 2 aliphatic rings. The summed E-state index contributed by atoms with van der Waals surface area (Å²) >= 11 is 13.2. The van der Waals surface area contributed by atoms with Gasteiger partial charge in [-0.1, -0.05) is 41.4 Å². The van der Waals surface area contributed by atoms with Crippen LogP contribution in [0.1, 0.15) is 38.3 Å². The van der Waals surface area contributed by atoms with Gasteiger partial charge < -0.3 is 39.8 Å². The summed E-state index contributed by atoms with van der Waals surface area (Å²) in [4.78, 5) is 28.9. The number of ether oxygens (including phenoxy) is 3. The Labute approximate surface area is 275 Å². The van der Waals surface area contributed by atoms with Crippen LogP contribution in [-0.4, -0.2) is 81.4 Å². The normalized spacial score (nSPS) is 14.8. The SMILES string of the molecule is COCCCN/C=C(\C=N)c1cc(Cl)c(C(=O)N2COc3c(cccc3-c3cc(N4CCOCC4)c(C(=O)O)cc3F)C2)c(Cl)c1. The molecule has 0 radical (unpaired) electrons. The predicted molar refractivity (Wildman–Crippen MR) is 175 cm³/mol. The number of carboxylic acids is 1. The number of rotatable bonds is 11. The zero-order chi connectivity index (χ0) is 32.8. The Bertz CT molecular complexity index is 1660. The number of carbonyl (C=O) groups excluding carboxylic acids is 1. The van der Waals surface area contributed by atoms with Gasteiger partial charge in [-0.15, -0.1) is 0 Å². The van der Waals surface area contributed by atoms with E-state index in [4.69, 9.17) is 42.8 Å². The predicted octanol–water partition coefficient (Wildman–Crippen LogP) is 5.94. The molecule has 2 aliphatic heterocycles. The fraction of sp³-hybridized carbons (Fsp3) is 0.303. The lowest BCUT2D eigenvalue weighted by Gasteiger charge is -2.32. The smallest absolute Gasteiger partial charge is 0.337 e. The summed E-state index contributed by atoms with van der Waals surface area (Å²) in [5.41, 5.74) is 2.72. The summed E-state index contributed by atoms with van der Waals surface area (Å²) in [6.07, 6.45) is 3.64. The molecule has 13 heteroatoms. The van der Waals surface area contributed by atoms with Crippen LogP contribution in [0.3, 0.4) is 0 Å². The van der Waals surface area contributed by atoms with Crippen molar-refractivity contribution in [3.63, 3.8) is 0 Å². The van der Waals surface area contributed by atoms with E-state index in [1.807, 2.05) is 4.90 Å². The summed E-state index contributed by atoms with van der Waals surface area (Å²) < 4.78 is 32.0. The van der Waals surface area contributed by atoms with Crippen molar-refractivity contribution in [3.05, 3.63) is 86.8 Å². The Balaban J connectivity index is 1.40. The Kier molecular flexibility index (Phi) is 10.8. The number of methoxy groups -OCH3 is 1. The molecular formula is C33H33Cl2FN4O6. The summed E-state index contributed by atoms with van der Waals surface area (Å²) in [7, 11) is 1.63. The Morgan fingerprint density at radius 2 is 1.87 bits per heavy atom. The number of hydrogen-bond acceptors (Lipinski definition) is 8. The van der Waals surface area contributed by atoms with E-state index in [1.165, 1.54) is 17.2 Å². The number of benzene rings is 3. The highest BCUT2D eigenvalue weighted by Crippen LogP contribution is 2.41. The molecule has 242 valence electrons. The third-order valence-corrected chi connectivity index (χ3v) is 8.34. The van der Waals surface area contributed by atoms with E-state index in [0.29, 0.717) is 73.2 Å². The van der Waals surface area contributed by atoms with Gasteiger partial charge >= 0.3 is 5.97 Å². The number of para-hydroxylation sites is 1. The highest BCUT2D eigenvalue weighted by Gasteiger charge is 2.30. The number of carbonyl (C=O) groups is 2. The van der Waals surface area contributed by atoms with Gasteiger partial charge in [-0.05, 0) is 36.2 Å². The summed E-state index contributed by atoms with van der Waals surface area (Å²) in [6, 6.07) is 10.9. The van der Waals surface area contributed by atoms with Gasteiger partial charge in [0.05, 0.1) is 46.6 Å². The number of anilines is 1. The molecule has 0 bridgehead atoms. The molecule has 3 aromatic carbocycles. The van der Waals surface area contributed by atoms with Crippen LogP contribution < -0.4 is 15.0 Å². The van der Waals surface area contributed by atoms with Crippen LogP contribution >= 0.6 is 23.2 Å². The fourth-order valence-corrected chi connectivity index (χ4v) is 6.08. The molecular weight excluding hydrogens is 638 g/mol. The van der Waals surface area contributed by atoms with Crippen LogP contribution in [0.15, 0.2) is 48.7 Å². The van der Waals surface area contributed by atoms with Crippen molar-refractivity contribution in [3.8, 4) is 16.9 Å². The van der Waals surface area contributed by atoms with E-state index in [0.717, 1.165) is 12.5 Å². The number of nitrogens with one attached hydrogen (secondary N) is 2. The largest absolute Gasteiger partial charge is 0.478 e. The first-order valence-electron chi connectivity index (χ1n) is 14.6. The third-order valence-electron chi connectivity index (χ3n) is 7.74. The number of halogens is 3. The Morgan fingerprint density at radius 1 is 1.13 bits per heavy atom. The molecule has 46 heavy (non-hydrogen) atoms. The van der Waals surface area contributed by atoms with E-state index in [-0.39, 0.29) is 40.0 Å². The second-order valence-electron chi connectivity index (χ2n) is 10.7. The molecule has 2 heterocycles. The van der Waals surface area contributed by atoms with Gasteiger partial charge in [0.2, 0.25) is 0 Å². The monoisotopic (exact) mass is 670 g/mol. The van der Waals surface area contributed by atoms with Gasteiger partial charge in [-0.2, -0.15) is 0 Å². The van der Waals surface area contributed by atoms with Gasteiger partial charge in [0.25, 0.3) is 5.91 Å². The van der Waals surface area contributed by atoms with Crippen LogP contribution in [0.5, 0.6) is 5.75 Å². The molecule has 5 rings (SSSR count). The van der Waals surface area contributed by atoms with Crippen LogP contribution in [0.4, 0.5) is 10.1 Å². The lowest BCUT2D eigenvalue weighted by Crippen LogP contribution is -2.37. The number of aromatic carboxylic acids is 1. The third kappa shape index (κ3) is 7.13. The number of fused-ring (bicyclic) bond motifs is 1. The van der Waals surface area contributed by atoms with Gasteiger partial charge in [-0.25, -0.2) is 9.18 Å². The van der Waals surface area contributed by atoms with Crippen LogP contribution in [0, 0.1) is 11.2 Å². The molecule has 0 spiro atoms. The lowest BCUT2D eigenvalue weighted by molar-refractivity contribution is 0.0516. The topological polar surface area (TPSA) is 124 Å². The molecule has 0 aromatic heterocycles. The number of morpholine rings is 1. The first-order valence-corrected chi connectivity index (χ1v) is 15.3. The Hall–Kier alpha value is -4.16. The molecule has 1 amide bonds. The minimum absolute atomic E-state index is 0.0955. The fourth-order valence-electron chi connectivity index (χ4n) is 5.43. The average molecular weight is 672 g/mol. The molecule has 0 saturated carbocycles. The maximum absolute atomic E-state index is 15.5. The van der Waals surface area contributed by atoms with Crippen molar-refractivity contribution in [2.75, 3.05) is 58.2 Å². The number of amides is 1. The standard InChI is InChI=1S/C33H33Cl2FN4O6/c1-44-9-3-6-38-17-22(16-37)21-12-26(34)30(27(35)13-21)32(41)40-18-20-4-2-5-23(31(20)46-19-40)24-15-29(39-7-10-45-11-8-39)25(33(42)43)14-28(24)36/h2,4-5,12-17,37-38H,3,6-11,18-19H2,1H3,(H,42,43)/b22-17+,37-16?. The maximum Gasteiger partial charge on any atom is 0.337 e. The van der Waals surface area contributed by atoms with Gasteiger partial charge in [-0.3, -0.25) is 4.79 Å². The summed E-state index contributed by atoms with van der Waals surface area (Å²) in [5.74, 6) is -1.99. The van der Waals surface area contributed by atoms with Crippen molar-refractivity contribution < 1.29 is 33.3 Å². The minimum Gasteiger partial charge on any atom is -0.478 e. The zero-order valence-electron chi connectivity index (χ0n) is 25.1. The van der Waals surface area contributed by atoms with E-state index < -0.39 is 17.7 Å². The van der Waals surface area contributed by atoms with Crippen LogP contribution in [0.2, 0.25) is 10.0 Å². The van der Waals surface area contributed by atoms with Crippen molar-refractivity contribution in [2.24, 2.45) is 0 Å². The molecule has 3 aromatic rings. The van der Waals surface area contributed by atoms with Crippen molar-refractivity contribution in [1.29, 1.82) is 5.41 Å². The number of hydrogen-bond donors (Lipinski definition) is 3. The minimum atomic E-state index is -1.22. The number of allylic oxidation sites excluding steroid dienone is 1. The highest BCUT2D eigenvalue weighted by molar-refractivity contribution is 6.40. The van der Waals surface area contributed by atoms with Crippen molar-refractivity contribution >= 4 is 52.6 Å². The van der Waals surface area contributed by atoms with Crippen LogP contribution in [-0.2, 0) is 16.0 Å². The lowest BCUT2D eigenvalue weighted by atomic mass is 9.97. The van der Waals surface area contributed by atoms with Crippen molar-refractivity contribution in [1.82, 2.24) is 10.2 Å². The number of nitrogens with zero attached hydrogens (tertiary/aromatic N) is 2. The summed E-state index contributed by atoms with van der Waals surface area (Å²) in [6.45, 7) is 3.06. The van der Waals surface area contributed by atoms with Gasteiger partial charge in [0.15, 0.2) is 6.73 Å². The quantitative estimate of drug-likeness (QED) is 0.169. The summed E-state index contributed by atoms with van der Waals surface area (Å²) in [5, 5.41) is 21.0. The van der Waals surface area contributed by atoms with Gasteiger partial charge in [0, 0.05) is 68.0 Å². The first kappa shape index (κ1) is 33.2. The molecule has 1 fully saturated rings.